The Morgan fingerprint density at radius 2 is 2.31 bits per heavy atom. The molecule has 2 atom stereocenters. The first kappa shape index (κ1) is 11.0. The van der Waals surface area contributed by atoms with E-state index in [1.165, 1.54) is 25.7 Å². The Balaban J connectivity index is 2.23. The second-order valence-corrected chi connectivity index (χ2v) is 4.48. The SMILES string of the molecule is CCC1CCC(N)(CCCOC)C1. The number of nitrogens with two attached hydrogens (primary N) is 1. The highest BCUT2D eigenvalue weighted by Crippen LogP contribution is 2.37. The lowest BCUT2D eigenvalue weighted by Gasteiger charge is -2.23. The Morgan fingerprint density at radius 1 is 1.54 bits per heavy atom. The quantitative estimate of drug-likeness (QED) is 0.667. The lowest BCUT2D eigenvalue weighted by molar-refractivity contribution is 0.182. The van der Waals surface area contributed by atoms with Crippen molar-refractivity contribution in [2.45, 2.75) is 51.0 Å². The average molecular weight is 185 g/mol. The Morgan fingerprint density at radius 3 is 2.85 bits per heavy atom. The third kappa shape index (κ3) is 3.28. The van der Waals surface area contributed by atoms with Crippen molar-refractivity contribution in [2.75, 3.05) is 13.7 Å². The van der Waals surface area contributed by atoms with Crippen LogP contribution in [0.15, 0.2) is 0 Å². The van der Waals surface area contributed by atoms with Gasteiger partial charge >= 0.3 is 0 Å². The normalized spacial score (nSPS) is 33.9. The van der Waals surface area contributed by atoms with Crippen LogP contribution in [0.2, 0.25) is 0 Å². The zero-order valence-corrected chi connectivity index (χ0v) is 9.01. The van der Waals surface area contributed by atoms with E-state index in [9.17, 15) is 0 Å². The van der Waals surface area contributed by atoms with Gasteiger partial charge in [-0.25, -0.2) is 0 Å². The van der Waals surface area contributed by atoms with E-state index in [1.807, 2.05) is 0 Å². The van der Waals surface area contributed by atoms with E-state index in [1.54, 1.807) is 7.11 Å². The standard InChI is InChI=1S/C11H23NO/c1-3-10-5-7-11(12,9-10)6-4-8-13-2/h10H,3-9,12H2,1-2H3. The first-order chi connectivity index (χ1) is 6.20. The summed E-state index contributed by atoms with van der Waals surface area (Å²) < 4.78 is 5.04. The molecule has 13 heavy (non-hydrogen) atoms. The summed E-state index contributed by atoms with van der Waals surface area (Å²) in [6, 6.07) is 0. The molecule has 0 radical (unpaired) electrons. The molecule has 78 valence electrons. The van der Waals surface area contributed by atoms with Gasteiger partial charge < -0.3 is 10.5 Å². The van der Waals surface area contributed by atoms with Crippen LogP contribution in [0.25, 0.3) is 0 Å². The van der Waals surface area contributed by atoms with Gasteiger partial charge in [0.25, 0.3) is 0 Å². The predicted molar refractivity (Wildman–Crippen MR) is 55.7 cm³/mol. The van der Waals surface area contributed by atoms with Crippen LogP contribution in [0.1, 0.15) is 45.4 Å². The van der Waals surface area contributed by atoms with Crippen molar-refractivity contribution in [1.82, 2.24) is 0 Å². The lowest BCUT2D eigenvalue weighted by Crippen LogP contribution is -2.37. The maximum atomic E-state index is 6.31. The summed E-state index contributed by atoms with van der Waals surface area (Å²) in [5.74, 6) is 0.882. The number of hydrogen-bond acceptors (Lipinski definition) is 2. The van der Waals surface area contributed by atoms with Crippen LogP contribution in [0.3, 0.4) is 0 Å². The molecule has 0 aliphatic heterocycles. The van der Waals surface area contributed by atoms with Crippen molar-refractivity contribution in [3.8, 4) is 0 Å². The monoisotopic (exact) mass is 185 g/mol. The Hall–Kier alpha value is -0.0800. The number of methoxy groups -OCH3 is 1. The van der Waals surface area contributed by atoms with E-state index in [0.717, 1.165) is 25.4 Å². The fourth-order valence-electron chi connectivity index (χ4n) is 2.41. The molecule has 1 fully saturated rings. The third-order valence-electron chi connectivity index (χ3n) is 3.35. The van der Waals surface area contributed by atoms with E-state index in [0.29, 0.717) is 0 Å². The molecule has 0 aromatic rings. The maximum absolute atomic E-state index is 6.31. The summed E-state index contributed by atoms with van der Waals surface area (Å²) in [6.07, 6.45) is 7.33. The van der Waals surface area contributed by atoms with Gasteiger partial charge in [0.1, 0.15) is 0 Å². The summed E-state index contributed by atoms with van der Waals surface area (Å²) in [5, 5.41) is 0. The lowest BCUT2D eigenvalue weighted by atomic mass is 9.91. The molecule has 0 amide bonds. The number of rotatable bonds is 5. The van der Waals surface area contributed by atoms with Crippen molar-refractivity contribution >= 4 is 0 Å². The Bertz CT molecular complexity index is 149. The minimum atomic E-state index is 0.138. The number of ether oxygens (including phenoxy) is 1. The fraction of sp³-hybridized carbons (Fsp3) is 1.00. The van der Waals surface area contributed by atoms with E-state index in [4.69, 9.17) is 10.5 Å². The highest BCUT2D eigenvalue weighted by atomic mass is 16.5. The summed E-state index contributed by atoms with van der Waals surface area (Å²) in [6.45, 7) is 3.13. The second kappa shape index (κ2) is 4.97. The van der Waals surface area contributed by atoms with Gasteiger partial charge in [0.15, 0.2) is 0 Å². The van der Waals surface area contributed by atoms with Crippen LogP contribution in [0.4, 0.5) is 0 Å². The van der Waals surface area contributed by atoms with Crippen molar-refractivity contribution in [3.05, 3.63) is 0 Å². The molecule has 1 saturated carbocycles. The predicted octanol–water partition coefficient (Wildman–Crippen LogP) is 2.32. The Labute approximate surface area is 81.8 Å². The van der Waals surface area contributed by atoms with Crippen LogP contribution in [-0.4, -0.2) is 19.3 Å². The van der Waals surface area contributed by atoms with Gasteiger partial charge in [-0.1, -0.05) is 13.3 Å². The average Bonchev–Trinajstić information content (AvgIpc) is 2.49. The molecular weight excluding hydrogens is 162 g/mol. The van der Waals surface area contributed by atoms with Gasteiger partial charge in [0.05, 0.1) is 0 Å². The maximum Gasteiger partial charge on any atom is 0.0462 e. The number of hydrogen-bond donors (Lipinski definition) is 1. The van der Waals surface area contributed by atoms with E-state index < -0.39 is 0 Å². The Kier molecular flexibility index (Phi) is 4.20. The van der Waals surface area contributed by atoms with Gasteiger partial charge in [-0.05, 0) is 38.0 Å². The summed E-state index contributed by atoms with van der Waals surface area (Å²) in [4.78, 5) is 0. The van der Waals surface area contributed by atoms with Crippen LogP contribution in [0.5, 0.6) is 0 Å². The summed E-state index contributed by atoms with van der Waals surface area (Å²) in [7, 11) is 1.76. The largest absolute Gasteiger partial charge is 0.385 e. The van der Waals surface area contributed by atoms with Crippen molar-refractivity contribution in [2.24, 2.45) is 11.7 Å². The first-order valence-electron chi connectivity index (χ1n) is 5.48. The van der Waals surface area contributed by atoms with Gasteiger partial charge in [-0.2, -0.15) is 0 Å². The van der Waals surface area contributed by atoms with Crippen LogP contribution in [-0.2, 0) is 4.74 Å². The molecule has 0 aromatic heterocycles. The van der Waals surface area contributed by atoms with Crippen molar-refractivity contribution in [1.29, 1.82) is 0 Å². The molecule has 2 nitrogen and oxygen atoms in total. The summed E-state index contributed by atoms with van der Waals surface area (Å²) in [5.41, 5.74) is 6.45. The van der Waals surface area contributed by atoms with E-state index >= 15 is 0 Å². The van der Waals surface area contributed by atoms with Crippen LogP contribution >= 0.6 is 0 Å². The van der Waals surface area contributed by atoms with Crippen molar-refractivity contribution in [3.63, 3.8) is 0 Å². The van der Waals surface area contributed by atoms with Gasteiger partial charge in [0, 0.05) is 19.3 Å². The molecule has 0 spiro atoms. The van der Waals surface area contributed by atoms with E-state index in [-0.39, 0.29) is 5.54 Å². The van der Waals surface area contributed by atoms with Crippen LogP contribution in [0, 0.1) is 5.92 Å². The van der Waals surface area contributed by atoms with Crippen molar-refractivity contribution < 1.29 is 4.74 Å². The highest BCUT2D eigenvalue weighted by molar-refractivity contribution is 4.92. The second-order valence-electron chi connectivity index (χ2n) is 4.48. The van der Waals surface area contributed by atoms with Gasteiger partial charge in [-0.15, -0.1) is 0 Å². The van der Waals surface area contributed by atoms with Gasteiger partial charge in [-0.3, -0.25) is 0 Å². The minimum absolute atomic E-state index is 0.138. The van der Waals surface area contributed by atoms with Crippen LogP contribution < -0.4 is 5.73 Å². The molecule has 0 aromatic carbocycles. The summed E-state index contributed by atoms with van der Waals surface area (Å²) >= 11 is 0. The third-order valence-corrected chi connectivity index (χ3v) is 3.35. The molecule has 0 saturated heterocycles. The molecular formula is C11H23NO. The fourth-order valence-corrected chi connectivity index (χ4v) is 2.41. The minimum Gasteiger partial charge on any atom is -0.385 e. The van der Waals surface area contributed by atoms with Gasteiger partial charge in [0.2, 0.25) is 0 Å². The first-order valence-corrected chi connectivity index (χ1v) is 5.48. The zero-order chi connectivity index (χ0) is 9.73. The molecule has 1 aliphatic rings. The molecule has 1 aliphatic carbocycles. The van der Waals surface area contributed by atoms with E-state index in [2.05, 4.69) is 6.92 Å². The molecule has 1 rings (SSSR count). The molecule has 2 heteroatoms. The molecule has 2 unspecified atom stereocenters. The molecule has 0 bridgehead atoms. The zero-order valence-electron chi connectivity index (χ0n) is 9.01. The molecule has 0 heterocycles. The molecule has 2 N–H and O–H groups in total. The highest BCUT2D eigenvalue weighted by Gasteiger charge is 2.33. The smallest absolute Gasteiger partial charge is 0.0462 e. The topological polar surface area (TPSA) is 35.2 Å².